The normalized spacial score (nSPS) is 20.2. The van der Waals surface area contributed by atoms with Crippen molar-refractivity contribution in [1.82, 2.24) is 0 Å². The van der Waals surface area contributed by atoms with Crippen LogP contribution in [0.25, 0.3) is 0 Å². The predicted molar refractivity (Wildman–Crippen MR) is 117 cm³/mol. The molecular formula is C25H24N2O5. The first-order valence-electron chi connectivity index (χ1n) is 10.2. The molecule has 32 heavy (non-hydrogen) atoms. The van der Waals surface area contributed by atoms with E-state index in [1.165, 1.54) is 21.3 Å². The maximum Gasteiger partial charge on any atom is 0.205 e. The zero-order chi connectivity index (χ0) is 22.8. The van der Waals surface area contributed by atoms with Crippen LogP contribution in [0.4, 0.5) is 0 Å². The fourth-order valence-electron chi connectivity index (χ4n) is 4.47. The standard InChI is InChI=1S/C25H24N2O5/c1-29-20-11-16(12-21(30-2)24(20)31-3)22-17(13-26)25(27)32-19-10-15(9-18(28)23(19)22)14-7-5-4-6-8-14/h4-8,11-12,15,22H,9-10,27H2,1-3H3/t15-,22+/m1/s1. The number of hydrogen-bond donors (Lipinski definition) is 1. The van der Waals surface area contributed by atoms with Gasteiger partial charge in [0, 0.05) is 18.4 Å². The number of Topliss-reactive ketones (excluding diaryl/α,β-unsaturated/α-hetero) is 1. The molecule has 0 unspecified atom stereocenters. The minimum Gasteiger partial charge on any atom is -0.493 e. The highest BCUT2D eigenvalue weighted by Crippen LogP contribution is 2.49. The molecule has 2 aromatic rings. The van der Waals surface area contributed by atoms with Gasteiger partial charge in [0.05, 0.1) is 27.2 Å². The van der Waals surface area contributed by atoms with Gasteiger partial charge in [-0.05, 0) is 29.2 Å². The second-order valence-electron chi connectivity index (χ2n) is 7.66. The average Bonchev–Trinajstić information content (AvgIpc) is 2.82. The van der Waals surface area contributed by atoms with Crippen LogP contribution >= 0.6 is 0 Å². The van der Waals surface area contributed by atoms with Crippen LogP contribution in [0.5, 0.6) is 17.2 Å². The molecule has 7 heteroatoms. The molecule has 1 aliphatic heterocycles. The summed E-state index contributed by atoms with van der Waals surface area (Å²) < 4.78 is 22.2. The molecule has 164 valence electrons. The fourth-order valence-corrected chi connectivity index (χ4v) is 4.47. The Hall–Kier alpha value is -3.92. The molecule has 1 heterocycles. The van der Waals surface area contributed by atoms with E-state index in [-0.39, 0.29) is 23.2 Å². The summed E-state index contributed by atoms with van der Waals surface area (Å²) in [7, 11) is 4.55. The van der Waals surface area contributed by atoms with Crippen LogP contribution in [0.15, 0.2) is 65.3 Å². The molecule has 7 nitrogen and oxygen atoms in total. The van der Waals surface area contributed by atoms with E-state index in [1.54, 1.807) is 12.1 Å². The van der Waals surface area contributed by atoms with Gasteiger partial charge in [0.1, 0.15) is 17.4 Å². The number of ether oxygens (including phenoxy) is 4. The van der Waals surface area contributed by atoms with Gasteiger partial charge in [-0.1, -0.05) is 30.3 Å². The Morgan fingerprint density at radius 2 is 1.66 bits per heavy atom. The van der Waals surface area contributed by atoms with Crippen LogP contribution in [0.2, 0.25) is 0 Å². The minimum atomic E-state index is -0.679. The molecule has 0 amide bonds. The molecule has 0 fully saturated rings. The van der Waals surface area contributed by atoms with Gasteiger partial charge in [-0.15, -0.1) is 0 Å². The van der Waals surface area contributed by atoms with Gasteiger partial charge in [0.25, 0.3) is 0 Å². The van der Waals surface area contributed by atoms with Crippen LogP contribution in [0.1, 0.15) is 35.8 Å². The molecule has 0 radical (unpaired) electrons. The lowest BCUT2D eigenvalue weighted by Gasteiger charge is -2.34. The Morgan fingerprint density at radius 1 is 1.00 bits per heavy atom. The number of carbonyl (C=O) groups excluding carboxylic acids is 1. The maximum atomic E-state index is 13.4. The van der Waals surface area contributed by atoms with Crippen molar-refractivity contribution < 1.29 is 23.7 Å². The van der Waals surface area contributed by atoms with E-state index in [2.05, 4.69) is 6.07 Å². The first-order valence-corrected chi connectivity index (χ1v) is 10.2. The van der Waals surface area contributed by atoms with E-state index in [0.717, 1.165) is 5.56 Å². The molecule has 0 saturated heterocycles. The predicted octanol–water partition coefficient (Wildman–Crippen LogP) is 3.92. The zero-order valence-corrected chi connectivity index (χ0v) is 18.2. The smallest absolute Gasteiger partial charge is 0.205 e. The lowest BCUT2D eigenvalue weighted by atomic mass is 9.73. The summed E-state index contributed by atoms with van der Waals surface area (Å²) in [6.07, 6.45) is 0.844. The molecule has 2 atom stereocenters. The molecule has 2 aliphatic rings. The first-order chi connectivity index (χ1) is 15.5. The van der Waals surface area contributed by atoms with Crippen molar-refractivity contribution in [1.29, 1.82) is 5.26 Å². The van der Waals surface area contributed by atoms with E-state index in [9.17, 15) is 10.1 Å². The van der Waals surface area contributed by atoms with Crippen molar-refractivity contribution in [3.63, 3.8) is 0 Å². The highest BCUT2D eigenvalue weighted by atomic mass is 16.5. The molecule has 0 aromatic heterocycles. The summed E-state index contributed by atoms with van der Waals surface area (Å²) >= 11 is 0. The van der Waals surface area contributed by atoms with Gasteiger partial charge >= 0.3 is 0 Å². The number of methoxy groups -OCH3 is 3. The van der Waals surface area contributed by atoms with Crippen molar-refractivity contribution in [3.8, 4) is 23.3 Å². The third-order valence-electron chi connectivity index (χ3n) is 5.95. The topological polar surface area (TPSA) is 104 Å². The lowest BCUT2D eigenvalue weighted by molar-refractivity contribution is -0.117. The number of nitrogens with zero attached hydrogens (tertiary/aromatic N) is 1. The van der Waals surface area contributed by atoms with Crippen molar-refractivity contribution in [2.45, 2.75) is 24.7 Å². The van der Waals surface area contributed by atoms with Crippen LogP contribution in [0.3, 0.4) is 0 Å². The molecule has 4 rings (SSSR count). The number of hydrogen-bond acceptors (Lipinski definition) is 7. The molecule has 0 saturated carbocycles. The van der Waals surface area contributed by atoms with Crippen LogP contribution in [-0.4, -0.2) is 27.1 Å². The van der Waals surface area contributed by atoms with Crippen LogP contribution in [0, 0.1) is 11.3 Å². The number of rotatable bonds is 5. The summed E-state index contributed by atoms with van der Waals surface area (Å²) in [6.45, 7) is 0. The maximum absolute atomic E-state index is 13.4. The number of nitriles is 1. The van der Waals surface area contributed by atoms with E-state index < -0.39 is 5.92 Å². The Balaban J connectivity index is 1.85. The van der Waals surface area contributed by atoms with E-state index in [0.29, 0.717) is 47.0 Å². The molecule has 0 spiro atoms. The monoisotopic (exact) mass is 432 g/mol. The van der Waals surface area contributed by atoms with Gasteiger partial charge in [0.15, 0.2) is 17.3 Å². The summed E-state index contributed by atoms with van der Waals surface area (Å²) in [6, 6.07) is 15.5. The van der Waals surface area contributed by atoms with Crippen molar-refractivity contribution in [3.05, 3.63) is 76.4 Å². The fraction of sp³-hybridized carbons (Fsp3) is 0.280. The first kappa shape index (κ1) is 21.3. The number of nitrogens with two attached hydrogens (primary N) is 1. The third kappa shape index (κ3) is 3.54. The molecule has 2 N–H and O–H groups in total. The number of carbonyl (C=O) groups is 1. The summed E-state index contributed by atoms with van der Waals surface area (Å²) in [5.41, 5.74) is 8.50. The molecular weight excluding hydrogens is 408 g/mol. The average molecular weight is 432 g/mol. The second-order valence-corrected chi connectivity index (χ2v) is 7.66. The Kier molecular flexibility index (Phi) is 5.78. The summed E-state index contributed by atoms with van der Waals surface area (Å²) in [4.78, 5) is 13.4. The van der Waals surface area contributed by atoms with E-state index in [4.69, 9.17) is 24.7 Å². The molecule has 0 bridgehead atoms. The van der Waals surface area contributed by atoms with Crippen molar-refractivity contribution >= 4 is 5.78 Å². The quantitative estimate of drug-likeness (QED) is 0.764. The van der Waals surface area contributed by atoms with E-state index in [1.807, 2.05) is 30.3 Å². The Bertz CT molecular complexity index is 1140. The highest BCUT2D eigenvalue weighted by Gasteiger charge is 2.41. The van der Waals surface area contributed by atoms with Crippen molar-refractivity contribution in [2.24, 2.45) is 5.73 Å². The number of benzene rings is 2. The summed E-state index contributed by atoms with van der Waals surface area (Å²) in [5.74, 6) is 1.03. The Labute approximate surface area is 186 Å². The number of allylic oxidation sites excluding steroid dienone is 3. The largest absolute Gasteiger partial charge is 0.493 e. The zero-order valence-electron chi connectivity index (χ0n) is 18.2. The minimum absolute atomic E-state index is 0.00603. The van der Waals surface area contributed by atoms with Gasteiger partial charge in [-0.25, -0.2) is 0 Å². The number of ketones is 1. The molecule has 1 aliphatic carbocycles. The SMILES string of the molecule is COc1cc([C@H]2C(C#N)=C(N)OC3=C2C(=O)C[C@@H](c2ccccc2)C3)cc(OC)c1OC. The van der Waals surface area contributed by atoms with Crippen molar-refractivity contribution in [2.75, 3.05) is 21.3 Å². The van der Waals surface area contributed by atoms with Gasteiger partial charge in [-0.2, -0.15) is 5.26 Å². The lowest BCUT2D eigenvalue weighted by Crippen LogP contribution is -2.30. The third-order valence-corrected chi connectivity index (χ3v) is 5.95. The second kappa shape index (κ2) is 8.67. The van der Waals surface area contributed by atoms with E-state index >= 15 is 0 Å². The van der Waals surface area contributed by atoms with Gasteiger partial charge < -0.3 is 24.7 Å². The Morgan fingerprint density at radius 3 is 2.22 bits per heavy atom. The summed E-state index contributed by atoms with van der Waals surface area (Å²) in [5, 5.41) is 9.86. The van der Waals surface area contributed by atoms with Gasteiger partial charge in [0.2, 0.25) is 11.6 Å². The highest BCUT2D eigenvalue weighted by molar-refractivity contribution is 6.00. The van der Waals surface area contributed by atoms with Gasteiger partial charge in [-0.3, -0.25) is 4.79 Å². The van der Waals surface area contributed by atoms with Crippen LogP contribution in [-0.2, 0) is 9.53 Å². The van der Waals surface area contributed by atoms with Crippen LogP contribution < -0.4 is 19.9 Å². The molecule has 2 aromatic carbocycles.